The van der Waals surface area contributed by atoms with Gasteiger partial charge < -0.3 is 14.4 Å². The molecule has 0 fully saturated rings. The Hall–Kier alpha value is -0.945. The van der Waals surface area contributed by atoms with Gasteiger partial charge in [0.1, 0.15) is 5.78 Å². The van der Waals surface area contributed by atoms with E-state index in [1.54, 1.807) is 4.68 Å². The summed E-state index contributed by atoms with van der Waals surface area (Å²) in [5, 5.41) is 16.0. The Morgan fingerprint density at radius 3 is 1.79 bits per heavy atom. The molecule has 0 unspecified atom stereocenters. The largest absolute Gasteiger partial charge is 0.358 e. The molecule has 1 aromatic heterocycles. The second-order valence-corrected chi connectivity index (χ2v) is 7.51. The second kappa shape index (κ2) is 15.9. The number of aromatic nitrogens is 3. The van der Waals surface area contributed by atoms with Crippen molar-refractivity contribution in [2.24, 2.45) is 0 Å². The van der Waals surface area contributed by atoms with Gasteiger partial charge in [-0.05, 0) is 38.7 Å². The van der Waals surface area contributed by atoms with Crippen molar-refractivity contribution < 1.29 is 75.5 Å². The van der Waals surface area contributed by atoms with Crippen LogP contribution in [0.2, 0.25) is 0 Å². The van der Waals surface area contributed by atoms with Crippen molar-refractivity contribution in [2.75, 3.05) is 0 Å². The van der Waals surface area contributed by atoms with E-state index in [1.807, 2.05) is 13.1 Å². The SMILES string of the molecule is [CH2-]CCn1cc(CCC(=O)CC)nn1.[CH3-].[U].[V].[W].c1cc2ccc3cccc4ccc(c1)c2c34. The van der Waals surface area contributed by atoms with Crippen LogP contribution in [0.3, 0.4) is 0 Å². The number of ketones is 1. The maximum absolute atomic E-state index is 11.1. The van der Waals surface area contributed by atoms with Crippen LogP contribution in [0.4, 0.5) is 0 Å². The van der Waals surface area contributed by atoms with Gasteiger partial charge in [0.25, 0.3) is 0 Å². The smallest absolute Gasteiger partial charge is 0.133 e. The van der Waals surface area contributed by atoms with Crippen LogP contribution in [0.1, 0.15) is 31.9 Å². The molecule has 1 radical (unpaired) electrons. The molecule has 0 amide bonds. The van der Waals surface area contributed by atoms with E-state index in [9.17, 15) is 4.79 Å². The predicted octanol–water partition coefficient (Wildman–Crippen LogP) is 6.44. The van der Waals surface area contributed by atoms with E-state index in [-0.39, 0.29) is 83.9 Å². The summed E-state index contributed by atoms with van der Waals surface area (Å²) in [4.78, 5) is 11.1. The fraction of sp³-hybridized carbons (Fsp3) is 0.222. The van der Waals surface area contributed by atoms with Crippen molar-refractivity contribution >= 4 is 38.1 Å². The molecule has 34 heavy (non-hydrogen) atoms. The zero-order chi connectivity index (χ0) is 20.9. The third-order valence-corrected chi connectivity index (χ3v) is 5.42. The molecular weight excluding hydrogens is 855 g/mol. The molecular formula is C27H29N3OUVW-2. The molecule has 0 bridgehead atoms. The molecule has 7 heteroatoms. The third kappa shape index (κ3) is 7.78. The van der Waals surface area contributed by atoms with E-state index in [0.717, 1.165) is 18.7 Å². The first kappa shape index (κ1) is 33.1. The molecule has 0 spiro atoms. The second-order valence-electron chi connectivity index (χ2n) is 7.51. The number of nitrogens with zero attached hydrogens (tertiary/aromatic N) is 3. The summed E-state index contributed by atoms with van der Waals surface area (Å²) in [5.74, 6) is 0.275. The van der Waals surface area contributed by atoms with E-state index in [1.165, 1.54) is 32.3 Å². The van der Waals surface area contributed by atoms with Crippen LogP contribution in [0, 0.1) is 45.5 Å². The first-order valence-electron chi connectivity index (χ1n) is 10.5. The molecule has 0 aliphatic heterocycles. The number of Topliss-reactive ketones (excluding diaryl/α,β-unsaturated/α-hetero) is 1. The molecule has 4 aromatic carbocycles. The summed E-state index contributed by atoms with van der Waals surface area (Å²) in [6.45, 7) is 6.40. The number of hydrogen-bond donors (Lipinski definition) is 0. The van der Waals surface area contributed by atoms with Gasteiger partial charge in [0.05, 0.1) is 5.69 Å². The van der Waals surface area contributed by atoms with E-state index in [0.29, 0.717) is 19.3 Å². The fourth-order valence-electron chi connectivity index (χ4n) is 3.84. The van der Waals surface area contributed by atoms with Crippen LogP contribution in [0.15, 0.2) is 66.9 Å². The zero-order valence-electron chi connectivity index (χ0n) is 19.7. The Bertz CT molecular complexity index is 1160. The minimum Gasteiger partial charge on any atom is -0.358 e. The van der Waals surface area contributed by atoms with Gasteiger partial charge in [0.2, 0.25) is 0 Å². The number of hydrogen-bond acceptors (Lipinski definition) is 3. The van der Waals surface area contributed by atoms with Crippen LogP contribution in [-0.2, 0) is 57.4 Å². The minimum absolute atomic E-state index is 0. The third-order valence-electron chi connectivity index (χ3n) is 5.42. The summed E-state index contributed by atoms with van der Waals surface area (Å²) in [6, 6.07) is 21.9. The molecule has 0 aliphatic rings. The number of benzene rings is 4. The Morgan fingerprint density at radius 2 is 1.38 bits per heavy atom. The van der Waals surface area contributed by atoms with Crippen molar-refractivity contribution in [3.8, 4) is 0 Å². The molecule has 0 saturated carbocycles. The van der Waals surface area contributed by atoms with Crippen molar-refractivity contribution in [1.82, 2.24) is 15.0 Å². The Kier molecular flexibility index (Phi) is 15.5. The molecule has 175 valence electrons. The van der Waals surface area contributed by atoms with Gasteiger partial charge >= 0.3 is 0 Å². The average molecular weight is 884 g/mol. The van der Waals surface area contributed by atoms with Gasteiger partial charge in [-0.1, -0.05) is 72.8 Å². The number of carbonyl (C=O) groups is 1. The summed E-state index contributed by atoms with van der Waals surface area (Å²) >= 11 is 0. The summed E-state index contributed by atoms with van der Waals surface area (Å²) in [5.41, 5.74) is 0.889. The summed E-state index contributed by atoms with van der Waals surface area (Å²) in [6.07, 6.45) is 4.56. The van der Waals surface area contributed by atoms with Gasteiger partial charge in [0, 0.05) is 96.3 Å². The van der Waals surface area contributed by atoms with Gasteiger partial charge in [0.15, 0.2) is 0 Å². The predicted molar refractivity (Wildman–Crippen MR) is 130 cm³/mol. The van der Waals surface area contributed by atoms with Crippen LogP contribution in [-0.4, -0.2) is 20.8 Å². The number of rotatable bonds is 6. The molecule has 4 nitrogen and oxygen atoms in total. The first-order chi connectivity index (χ1) is 14.7. The van der Waals surface area contributed by atoms with Crippen LogP contribution >= 0.6 is 0 Å². The minimum atomic E-state index is 0. The monoisotopic (exact) mass is 884 g/mol. The fourth-order valence-corrected chi connectivity index (χ4v) is 3.84. The van der Waals surface area contributed by atoms with E-state index >= 15 is 0 Å². The van der Waals surface area contributed by atoms with Crippen LogP contribution in [0.5, 0.6) is 0 Å². The quantitative estimate of drug-likeness (QED) is 0.146. The summed E-state index contributed by atoms with van der Waals surface area (Å²) in [7, 11) is 0. The van der Waals surface area contributed by atoms with Crippen molar-refractivity contribution in [1.29, 1.82) is 0 Å². The summed E-state index contributed by atoms with van der Waals surface area (Å²) < 4.78 is 1.76. The number of carbonyl (C=O) groups excluding carboxylic acids is 1. The molecule has 1 heterocycles. The maximum atomic E-state index is 11.1. The Balaban J connectivity index is 0.000000579. The van der Waals surface area contributed by atoms with Gasteiger partial charge in [-0.3, -0.25) is 9.48 Å². The molecule has 0 aliphatic carbocycles. The molecule has 0 N–H and O–H groups in total. The zero-order valence-corrected chi connectivity index (χ0v) is 28.2. The topological polar surface area (TPSA) is 47.8 Å². The Labute approximate surface area is 252 Å². The normalized spacial score (nSPS) is 9.82. The van der Waals surface area contributed by atoms with Gasteiger partial charge in [-0.25, -0.2) is 0 Å². The van der Waals surface area contributed by atoms with E-state index in [4.69, 9.17) is 0 Å². The van der Waals surface area contributed by atoms with Crippen molar-refractivity contribution in [2.45, 2.75) is 39.2 Å². The molecule has 5 aromatic rings. The van der Waals surface area contributed by atoms with E-state index in [2.05, 4.69) is 77.9 Å². The first-order valence-corrected chi connectivity index (χ1v) is 10.5. The molecule has 5 rings (SSSR count). The van der Waals surface area contributed by atoms with Crippen molar-refractivity contribution in [3.63, 3.8) is 0 Å². The average Bonchev–Trinajstić information content (AvgIpc) is 3.24. The van der Waals surface area contributed by atoms with Gasteiger partial charge in [-0.15, -0.1) is 5.10 Å². The Morgan fingerprint density at radius 1 is 0.912 bits per heavy atom. The maximum Gasteiger partial charge on any atom is 0.133 e. The van der Waals surface area contributed by atoms with Crippen molar-refractivity contribution in [3.05, 3.63) is 86.9 Å². The van der Waals surface area contributed by atoms with E-state index < -0.39 is 0 Å². The van der Waals surface area contributed by atoms with Crippen LogP contribution < -0.4 is 0 Å². The standard InChI is InChI=1S/C16H10.C10H16N3O.CH3.U.V.W/c1-3-11-7-9-13-5-2-6-14-10-8-12(4-1)15(11)16(13)14;1-3-7-13-8-9(11-12-13)5-6-10(14)4-2;;;;/h1-10H;8H,1,3-7H2,2H3;1H3;;;/q;2*-1;;;. The molecule has 0 atom stereocenters. The molecule has 0 saturated heterocycles. The number of aryl methyl sites for hydroxylation is 2. The van der Waals surface area contributed by atoms with Gasteiger partial charge in [-0.2, -0.15) is 6.42 Å². The van der Waals surface area contributed by atoms with Crippen LogP contribution in [0.25, 0.3) is 32.3 Å².